The van der Waals surface area contributed by atoms with Gasteiger partial charge < -0.3 is 0 Å². The van der Waals surface area contributed by atoms with Crippen LogP contribution in [0.3, 0.4) is 0 Å². The monoisotopic (exact) mass is 173 g/mol. The van der Waals surface area contributed by atoms with E-state index in [0.717, 1.165) is 6.42 Å². The molecular formula is C13H17. The van der Waals surface area contributed by atoms with Crippen LogP contribution in [0.2, 0.25) is 0 Å². The lowest BCUT2D eigenvalue weighted by Gasteiger charge is -2.08. The summed E-state index contributed by atoms with van der Waals surface area (Å²) in [5.74, 6) is 0. The molecule has 1 aromatic carbocycles. The fraction of sp³-hybridized carbons (Fsp3) is 0.308. The standard InChI is InChI=1S/C13H17/c1-5-6-7-13-11(3)8-10(2)9-12(13)4/h5-6,8-9H,1,7H2,2-4H3. The minimum Gasteiger partial charge on any atom is -0.0879 e. The Labute approximate surface area is 81.3 Å². The van der Waals surface area contributed by atoms with Crippen molar-refractivity contribution < 1.29 is 0 Å². The fourth-order valence-corrected chi connectivity index (χ4v) is 1.73. The zero-order valence-corrected chi connectivity index (χ0v) is 8.72. The van der Waals surface area contributed by atoms with Gasteiger partial charge in [-0.05, 0) is 50.8 Å². The molecule has 1 rings (SSSR count). The third-order valence-corrected chi connectivity index (χ3v) is 2.33. The van der Waals surface area contributed by atoms with Crippen LogP contribution in [0.5, 0.6) is 0 Å². The van der Waals surface area contributed by atoms with Crippen molar-refractivity contribution in [2.24, 2.45) is 0 Å². The van der Waals surface area contributed by atoms with Crippen molar-refractivity contribution in [3.63, 3.8) is 0 Å². The molecule has 13 heavy (non-hydrogen) atoms. The number of benzene rings is 1. The molecule has 69 valence electrons. The predicted molar refractivity (Wildman–Crippen MR) is 58.9 cm³/mol. The second kappa shape index (κ2) is 4.27. The van der Waals surface area contributed by atoms with Crippen LogP contribution in [0.15, 0.2) is 24.3 Å². The van der Waals surface area contributed by atoms with E-state index in [4.69, 9.17) is 0 Å². The first-order valence-corrected chi connectivity index (χ1v) is 4.66. The van der Waals surface area contributed by atoms with Gasteiger partial charge in [-0.2, -0.15) is 0 Å². The highest BCUT2D eigenvalue weighted by Gasteiger charge is 2.00. The summed E-state index contributed by atoms with van der Waals surface area (Å²) < 4.78 is 0. The van der Waals surface area contributed by atoms with E-state index in [1.54, 1.807) is 0 Å². The van der Waals surface area contributed by atoms with Crippen LogP contribution in [0.4, 0.5) is 0 Å². The molecule has 0 saturated heterocycles. The van der Waals surface area contributed by atoms with Crippen LogP contribution >= 0.6 is 0 Å². The summed E-state index contributed by atoms with van der Waals surface area (Å²) in [6.45, 7) is 10.2. The van der Waals surface area contributed by atoms with Gasteiger partial charge in [-0.1, -0.05) is 29.8 Å². The van der Waals surface area contributed by atoms with Crippen LogP contribution in [0.25, 0.3) is 0 Å². The van der Waals surface area contributed by atoms with Gasteiger partial charge >= 0.3 is 0 Å². The maximum absolute atomic E-state index is 3.70. The molecule has 0 heterocycles. The highest BCUT2D eigenvalue weighted by atomic mass is 14.1. The fourth-order valence-electron chi connectivity index (χ4n) is 1.73. The van der Waals surface area contributed by atoms with Gasteiger partial charge in [-0.25, -0.2) is 0 Å². The van der Waals surface area contributed by atoms with E-state index in [1.165, 1.54) is 22.3 Å². The predicted octanol–water partition coefficient (Wildman–Crippen LogP) is 3.54. The van der Waals surface area contributed by atoms with Crippen LogP contribution in [-0.2, 0) is 6.42 Å². The summed E-state index contributed by atoms with van der Waals surface area (Å²) in [6.07, 6.45) is 4.96. The summed E-state index contributed by atoms with van der Waals surface area (Å²) in [5.41, 5.74) is 5.55. The molecule has 0 aliphatic rings. The van der Waals surface area contributed by atoms with Crippen molar-refractivity contribution in [1.82, 2.24) is 0 Å². The molecule has 0 fully saturated rings. The molecule has 0 amide bonds. The van der Waals surface area contributed by atoms with Crippen LogP contribution in [0.1, 0.15) is 22.3 Å². The Balaban J connectivity index is 3.05. The number of aryl methyl sites for hydroxylation is 3. The van der Waals surface area contributed by atoms with Crippen molar-refractivity contribution in [1.29, 1.82) is 0 Å². The molecule has 0 unspecified atom stereocenters. The SMILES string of the molecule is [CH2]C=CCc1c(C)cc(C)cc1C. The summed E-state index contributed by atoms with van der Waals surface area (Å²) in [5, 5.41) is 0. The molecule has 0 aliphatic carbocycles. The molecule has 0 saturated carbocycles. The van der Waals surface area contributed by atoms with Crippen LogP contribution in [0, 0.1) is 27.7 Å². The Morgan fingerprint density at radius 3 is 2.15 bits per heavy atom. The zero-order chi connectivity index (χ0) is 9.84. The second-order valence-electron chi connectivity index (χ2n) is 3.55. The number of rotatable bonds is 2. The third-order valence-electron chi connectivity index (χ3n) is 2.33. The van der Waals surface area contributed by atoms with Gasteiger partial charge in [0.25, 0.3) is 0 Å². The van der Waals surface area contributed by atoms with Gasteiger partial charge in [0, 0.05) is 0 Å². The normalized spacial score (nSPS) is 11.1. The highest BCUT2D eigenvalue weighted by Crippen LogP contribution is 2.16. The average molecular weight is 173 g/mol. The van der Waals surface area contributed by atoms with Gasteiger partial charge in [0.05, 0.1) is 0 Å². The van der Waals surface area contributed by atoms with Crippen LogP contribution < -0.4 is 0 Å². The lowest BCUT2D eigenvalue weighted by molar-refractivity contribution is 1.15. The minimum atomic E-state index is 1.00. The third kappa shape index (κ3) is 2.45. The molecule has 0 heteroatoms. The van der Waals surface area contributed by atoms with E-state index >= 15 is 0 Å². The van der Waals surface area contributed by atoms with E-state index in [1.807, 2.05) is 6.08 Å². The summed E-state index contributed by atoms with van der Waals surface area (Å²) in [7, 11) is 0. The van der Waals surface area contributed by atoms with Gasteiger partial charge in [0.15, 0.2) is 0 Å². The highest BCUT2D eigenvalue weighted by molar-refractivity contribution is 5.38. The topological polar surface area (TPSA) is 0 Å². The van der Waals surface area contributed by atoms with Crippen LogP contribution in [-0.4, -0.2) is 0 Å². The molecule has 1 radical (unpaired) electrons. The molecule has 0 spiro atoms. The molecular weight excluding hydrogens is 156 g/mol. The number of allylic oxidation sites excluding steroid dienone is 2. The Kier molecular flexibility index (Phi) is 3.30. The van der Waals surface area contributed by atoms with Gasteiger partial charge in [0.2, 0.25) is 0 Å². The largest absolute Gasteiger partial charge is 0.0879 e. The molecule has 0 atom stereocenters. The van der Waals surface area contributed by atoms with Crippen molar-refractivity contribution in [3.8, 4) is 0 Å². The van der Waals surface area contributed by atoms with Crippen molar-refractivity contribution in [2.75, 3.05) is 0 Å². The number of hydrogen-bond acceptors (Lipinski definition) is 0. The first kappa shape index (κ1) is 10.0. The number of hydrogen-bond donors (Lipinski definition) is 0. The lowest BCUT2D eigenvalue weighted by atomic mass is 9.97. The van der Waals surface area contributed by atoms with Gasteiger partial charge in [-0.15, -0.1) is 0 Å². The molecule has 0 bridgehead atoms. The average Bonchev–Trinajstić information content (AvgIpc) is 2.02. The van der Waals surface area contributed by atoms with E-state index in [2.05, 4.69) is 45.9 Å². The van der Waals surface area contributed by atoms with E-state index in [9.17, 15) is 0 Å². The lowest BCUT2D eigenvalue weighted by Crippen LogP contribution is -1.93. The molecule has 1 aromatic rings. The van der Waals surface area contributed by atoms with E-state index in [0.29, 0.717) is 0 Å². The quantitative estimate of drug-likeness (QED) is 0.641. The van der Waals surface area contributed by atoms with E-state index in [-0.39, 0.29) is 0 Å². The van der Waals surface area contributed by atoms with Crippen molar-refractivity contribution in [3.05, 3.63) is 53.5 Å². The van der Waals surface area contributed by atoms with Crippen molar-refractivity contribution >= 4 is 0 Å². The maximum atomic E-state index is 3.70. The van der Waals surface area contributed by atoms with Gasteiger partial charge in [0.1, 0.15) is 0 Å². The Hall–Kier alpha value is -1.04. The second-order valence-corrected chi connectivity index (χ2v) is 3.55. The molecule has 0 aliphatic heterocycles. The minimum absolute atomic E-state index is 1.00. The summed E-state index contributed by atoms with van der Waals surface area (Å²) in [6, 6.07) is 4.47. The smallest absolute Gasteiger partial charge is 0.00922 e. The molecule has 0 aromatic heterocycles. The zero-order valence-electron chi connectivity index (χ0n) is 8.72. The van der Waals surface area contributed by atoms with E-state index < -0.39 is 0 Å². The Morgan fingerprint density at radius 1 is 1.15 bits per heavy atom. The first-order chi connectivity index (χ1) is 6.15. The van der Waals surface area contributed by atoms with Gasteiger partial charge in [-0.3, -0.25) is 0 Å². The Morgan fingerprint density at radius 2 is 1.69 bits per heavy atom. The Bertz CT molecular complexity index is 296. The first-order valence-electron chi connectivity index (χ1n) is 4.66. The molecule has 0 N–H and O–H groups in total. The van der Waals surface area contributed by atoms with Crippen molar-refractivity contribution in [2.45, 2.75) is 27.2 Å². The maximum Gasteiger partial charge on any atom is -0.00922 e. The molecule has 0 nitrogen and oxygen atoms in total. The summed E-state index contributed by atoms with van der Waals surface area (Å²) >= 11 is 0. The summed E-state index contributed by atoms with van der Waals surface area (Å²) in [4.78, 5) is 0.